The largest absolute Gasteiger partial charge is 0.383 e. The fraction of sp³-hybridized carbons (Fsp3) is 0.409. The van der Waals surface area contributed by atoms with Crippen LogP contribution in [0.2, 0.25) is 0 Å². The first-order valence-electron chi connectivity index (χ1n) is 47.3. The van der Waals surface area contributed by atoms with Crippen LogP contribution in [0.4, 0.5) is 68.2 Å². The number of benzene rings is 10. The van der Waals surface area contributed by atoms with Crippen molar-refractivity contribution in [3.8, 4) is 0 Å². The molecule has 3 aliphatic heterocycles. The first kappa shape index (κ1) is 105. The second-order valence-electron chi connectivity index (χ2n) is 37.9. The van der Waals surface area contributed by atoms with Crippen molar-refractivity contribution in [1.29, 1.82) is 0 Å². The van der Waals surface area contributed by atoms with Crippen molar-refractivity contribution in [1.82, 2.24) is 29.4 Å². The zero-order valence-electron chi connectivity index (χ0n) is 83.7. The van der Waals surface area contributed by atoms with Crippen molar-refractivity contribution < 1.29 is 24.0 Å². The van der Waals surface area contributed by atoms with Gasteiger partial charge in [0.1, 0.15) is 0 Å². The van der Waals surface area contributed by atoms with Crippen LogP contribution in [0, 0.1) is 34.6 Å². The van der Waals surface area contributed by atoms with Gasteiger partial charge in [0.15, 0.2) is 5.78 Å². The van der Waals surface area contributed by atoms with E-state index in [1.165, 1.54) is 22.5 Å². The van der Waals surface area contributed by atoms with E-state index >= 15 is 0 Å². The highest BCUT2D eigenvalue weighted by Gasteiger charge is 2.25. The molecule has 3 saturated heterocycles. The van der Waals surface area contributed by atoms with E-state index in [4.69, 9.17) is 0 Å². The van der Waals surface area contributed by atoms with E-state index in [1.807, 2.05) is 231 Å². The average molecular weight is 1810 g/mol. The Labute approximate surface area is 795 Å². The molecule has 9 N–H and O–H groups in total. The zero-order chi connectivity index (χ0) is 96.5. The summed E-state index contributed by atoms with van der Waals surface area (Å²) in [6.07, 6.45) is 0.430. The summed E-state index contributed by atoms with van der Waals surface area (Å²) in [5, 5.41) is 29.5. The second kappa shape index (κ2) is 51.8. The number of anilines is 12. The summed E-state index contributed by atoms with van der Waals surface area (Å²) >= 11 is 0. The fourth-order valence-electron chi connectivity index (χ4n) is 15.8. The summed E-state index contributed by atoms with van der Waals surface area (Å²) in [6.45, 7) is 47.6. The van der Waals surface area contributed by atoms with E-state index < -0.39 is 0 Å². The Morgan fingerprint density at radius 1 is 0.316 bits per heavy atom. The van der Waals surface area contributed by atoms with Crippen LogP contribution in [0.5, 0.6) is 0 Å². The Hall–Kier alpha value is -12.1. The normalized spacial score (nSPS) is 13.6. The van der Waals surface area contributed by atoms with Gasteiger partial charge >= 0.3 is 0 Å². The van der Waals surface area contributed by atoms with Crippen molar-refractivity contribution in [2.45, 2.75) is 154 Å². The summed E-state index contributed by atoms with van der Waals surface area (Å²) < 4.78 is 0. The van der Waals surface area contributed by atoms with Crippen LogP contribution in [-0.4, -0.2) is 237 Å². The average Bonchev–Trinajstić information content (AvgIpc) is 0.814. The molecule has 0 spiro atoms. The third-order valence-corrected chi connectivity index (χ3v) is 22.8. The van der Waals surface area contributed by atoms with Gasteiger partial charge in [-0.15, -0.1) is 0 Å². The number of Topliss-reactive ketones (excluding diaryl/α,β-unsaturated/α-hetero) is 1. The molecule has 712 valence electrons. The lowest BCUT2D eigenvalue weighted by Gasteiger charge is -2.35. The number of carbonyl (C=O) groups is 5. The standard InChI is InChI=1S/C23H32N4O.C23H31N3O.C22H30N4O.C22H32N4O.C20H27N3O/c1-17(2)24-22-15-19(23(28)25-21-7-5-6-18(3)14-21)8-9-20(22)16-27-12-10-26(4)11-13-27;1-17(2)24-21-15-19(16-23(27)20-7-5-6-18(3)14-20)8-9-22(21)26-12-10-25(4)11-13-26;1-16(2)23-20-15-18(22(27)24-19-7-5-6-17(3)14-19)8-9-21(20)26-12-10-25(4)11-13-26;1-16(2)23-20-15-18(10-11-21(20)26(6)13-12-25(4)5)22(27)24-19-9-7-8-17(3)14-19;1-14(2)21-19-12-16(9-10-17(19)13-23(4)5)20(24)22-18-8-6-7-15(3)11-18/h5-9,14-15,17,24H,10-13,16H2,1-4H3,(H,25,28);5-9,14-15,17,24H,10-13,16H2,1-4H3;5-9,14-16,23H,10-13H2,1-4H3,(H,24,27);7-11,14-16,23H,12-13H2,1-6H3,(H,24,27);6-12,14,21H,13H2,1-5H3,(H,22,24). The molecule has 0 aliphatic carbocycles. The van der Waals surface area contributed by atoms with E-state index in [9.17, 15) is 24.0 Å². The minimum absolute atomic E-state index is 0.0800. The van der Waals surface area contributed by atoms with Crippen LogP contribution in [0.25, 0.3) is 0 Å². The summed E-state index contributed by atoms with van der Waals surface area (Å²) in [4.78, 5) is 84.3. The summed E-state index contributed by atoms with van der Waals surface area (Å²) in [6, 6.07) is 70.8. The monoisotopic (exact) mass is 1810 g/mol. The molecule has 10 aromatic carbocycles. The van der Waals surface area contributed by atoms with Gasteiger partial charge in [-0.1, -0.05) is 90.5 Å². The molecule has 0 unspecified atom stereocenters. The van der Waals surface area contributed by atoms with Crippen LogP contribution >= 0.6 is 0 Å². The molecule has 0 saturated carbocycles. The molecule has 133 heavy (non-hydrogen) atoms. The van der Waals surface area contributed by atoms with Crippen molar-refractivity contribution in [3.63, 3.8) is 0 Å². The number of hydrogen-bond acceptors (Lipinski definition) is 19. The predicted molar refractivity (Wildman–Crippen MR) is 563 cm³/mol. The number of ketones is 1. The lowest BCUT2D eigenvalue weighted by atomic mass is 10.0. The topological polar surface area (TPSA) is 223 Å². The Morgan fingerprint density at radius 2 is 0.647 bits per heavy atom. The number of nitrogens with one attached hydrogen (secondary N) is 9. The van der Waals surface area contributed by atoms with Crippen LogP contribution in [-0.2, 0) is 19.5 Å². The highest BCUT2D eigenvalue weighted by molar-refractivity contribution is 6.08. The maximum absolute atomic E-state index is 12.7. The zero-order valence-corrected chi connectivity index (χ0v) is 83.7. The molecule has 0 atom stereocenters. The maximum Gasteiger partial charge on any atom is 0.255 e. The van der Waals surface area contributed by atoms with Crippen molar-refractivity contribution in [2.24, 2.45) is 0 Å². The van der Waals surface area contributed by atoms with Crippen molar-refractivity contribution in [3.05, 3.63) is 285 Å². The minimum atomic E-state index is -0.102. The van der Waals surface area contributed by atoms with E-state index in [2.05, 4.69) is 234 Å². The Balaban J connectivity index is 0.000000187. The lowest BCUT2D eigenvalue weighted by molar-refractivity contribution is 0.0988. The van der Waals surface area contributed by atoms with Gasteiger partial charge in [0.2, 0.25) is 0 Å². The van der Waals surface area contributed by atoms with Gasteiger partial charge in [-0.3, -0.25) is 28.9 Å². The molecule has 3 fully saturated rings. The number of likely N-dealkylation sites (N-methyl/N-ethyl adjacent to an activating group) is 5. The molecule has 3 heterocycles. The summed E-state index contributed by atoms with van der Waals surface area (Å²) in [5.74, 6) is -0.193. The first-order valence-corrected chi connectivity index (χ1v) is 47.3. The molecule has 13 rings (SSSR count). The minimum Gasteiger partial charge on any atom is -0.383 e. The Kier molecular flexibility index (Phi) is 40.7. The van der Waals surface area contributed by atoms with Crippen molar-refractivity contribution >= 4 is 97.7 Å². The second-order valence-corrected chi connectivity index (χ2v) is 37.9. The third-order valence-electron chi connectivity index (χ3n) is 22.8. The molecular weight excluding hydrogens is 1650 g/mol. The molecule has 23 nitrogen and oxygen atoms in total. The third kappa shape index (κ3) is 35.1. The van der Waals surface area contributed by atoms with Gasteiger partial charge in [0, 0.05) is 210 Å². The van der Waals surface area contributed by atoms with Crippen LogP contribution in [0.1, 0.15) is 166 Å². The SMILES string of the molecule is Cc1cccc(C(=O)Cc2ccc(N3CCN(C)CC3)c(NC(C)C)c2)c1.Cc1cccc(NC(=O)c2ccc(CN(C)C)c(NC(C)C)c2)c1.Cc1cccc(NC(=O)c2ccc(CN3CCN(C)CC3)c(NC(C)C)c2)c1.Cc1cccc(NC(=O)c2ccc(N(C)CCN(C)C)c(NC(C)C)c2)c1.Cc1cccc(NC(=O)c2ccc(N3CCN(C)CC3)c(NC(C)C)c2)c1. The highest BCUT2D eigenvalue weighted by atomic mass is 16.2. The Morgan fingerprint density at radius 3 is 1.04 bits per heavy atom. The number of piperazine rings is 3. The quantitative estimate of drug-likeness (QED) is 0.0184. The lowest BCUT2D eigenvalue weighted by Crippen LogP contribution is -2.44. The van der Waals surface area contributed by atoms with Crippen LogP contribution in [0.15, 0.2) is 212 Å². The molecule has 3 aliphatic rings. The highest BCUT2D eigenvalue weighted by Crippen LogP contribution is 2.34. The van der Waals surface area contributed by atoms with Crippen LogP contribution < -0.4 is 62.6 Å². The maximum atomic E-state index is 12.7. The van der Waals surface area contributed by atoms with E-state index in [0.29, 0.717) is 52.8 Å². The molecule has 0 aromatic heterocycles. The van der Waals surface area contributed by atoms with Gasteiger partial charge in [-0.2, -0.15) is 0 Å². The van der Waals surface area contributed by atoms with Crippen LogP contribution in [0.3, 0.4) is 0 Å². The van der Waals surface area contributed by atoms with E-state index in [-0.39, 0.29) is 35.5 Å². The summed E-state index contributed by atoms with van der Waals surface area (Å²) in [7, 11) is 16.8. The smallest absolute Gasteiger partial charge is 0.255 e. The number of hydrogen-bond donors (Lipinski definition) is 9. The van der Waals surface area contributed by atoms with Gasteiger partial charge in [-0.05, 0) is 320 Å². The number of nitrogens with zero attached hydrogens (tertiary/aromatic N) is 9. The van der Waals surface area contributed by atoms with Gasteiger partial charge in [-0.25, -0.2) is 0 Å². The number of carbonyl (C=O) groups excluding carboxylic acids is 5. The predicted octanol–water partition coefficient (Wildman–Crippen LogP) is 19.8. The molecule has 10 aromatic rings. The first-order chi connectivity index (χ1) is 63.3. The molecule has 0 radical (unpaired) electrons. The Bertz CT molecular complexity index is 5410. The molecule has 4 amide bonds. The number of rotatable bonds is 31. The van der Waals surface area contributed by atoms with E-state index in [0.717, 1.165) is 201 Å². The van der Waals surface area contributed by atoms with Crippen molar-refractivity contribution in [2.75, 3.05) is 211 Å². The molecule has 0 bridgehead atoms. The number of aryl methyl sites for hydroxylation is 5. The fourth-order valence-corrected chi connectivity index (χ4v) is 15.8. The number of amides is 4. The summed E-state index contributed by atoms with van der Waals surface area (Å²) in [5.41, 5.74) is 24.5. The van der Waals surface area contributed by atoms with Gasteiger partial charge in [0.05, 0.1) is 34.1 Å². The molecular formula is C110H152N18O5. The van der Waals surface area contributed by atoms with Gasteiger partial charge in [0.25, 0.3) is 23.6 Å². The molecule has 23 heteroatoms. The van der Waals surface area contributed by atoms with Gasteiger partial charge < -0.3 is 87.1 Å². The van der Waals surface area contributed by atoms with E-state index in [1.54, 1.807) is 0 Å².